The largest absolute Gasteiger partial charge is 0.353 e. The first-order valence-corrected chi connectivity index (χ1v) is 1.89. The minimum absolute atomic E-state index is 0.742. The molecule has 2 N–H and O–H groups in total. The zero-order chi connectivity index (χ0) is 5.11. The van der Waals surface area contributed by atoms with Crippen molar-refractivity contribution in [3.05, 3.63) is 12.0 Å². The third-order valence-electron chi connectivity index (χ3n) is 0.565. The number of hydrogen-bond acceptors (Lipinski definition) is 2. The molecular formula is C3H6N2O2. The van der Waals surface area contributed by atoms with Crippen LogP contribution in [0.2, 0.25) is 0 Å². The molecule has 1 aromatic rings. The van der Waals surface area contributed by atoms with Crippen LogP contribution >= 0.6 is 0 Å². The summed E-state index contributed by atoms with van der Waals surface area (Å²) in [5.41, 5.74) is 0. The Bertz CT molecular complexity index is 141. The predicted octanol–water partition coefficient (Wildman–Crippen LogP) is 0.962. The highest BCUT2D eigenvalue weighted by Gasteiger charge is 1.75. The van der Waals surface area contributed by atoms with Gasteiger partial charge in [-0.3, -0.25) is 4.63 Å². The van der Waals surface area contributed by atoms with Crippen LogP contribution in [0.1, 0.15) is 5.76 Å². The van der Waals surface area contributed by atoms with Crippen LogP contribution in [0.15, 0.2) is 15.3 Å². The Morgan fingerprint density at radius 3 is 2.86 bits per heavy atom. The van der Waals surface area contributed by atoms with Crippen LogP contribution in [0.25, 0.3) is 0 Å². The molecule has 1 heterocycles. The van der Waals surface area contributed by atoms with E-state index in [1.54, 1.807) is 13.1 Å². The fourth-order valence-electron chi connectivity index (χ4n) is 0.253. The summed E-state index contributed by atoms with van der Waals surface area (Å²) in [5, 5.41) is 4.59. The van der Waals surface area contributed by atoms with Gasteiger partial charge >= 0.3 is 0 Å². The molecule has 7 heavy (non-hydrogen) atoms. The monoisotopic (exact) mass is 102 g/mol. The Morgan fingerprint density at radius 1 is 1.71 bits per heavy atom. The van der Waals surface area contributed by atoms with Gasteiger partial charge in [-0.1, -0.05) is 5.33 Å². The fourth-order valence-corrected chi connectivity index (χ4v) is 0.253. The van der Waals surface area contributed by atoms with E-state index in [0.29, 0.717) is 0 Å². The van der Waals surface area contributed by atoms with Crippen LogP contribution in [0.3, 0.4) is 0 Å². The van der Waals surface area contributed by atoms with Crippen molar-refractivity contribution in [2.75, 3.05) is 0 Å². The van der Waals surface area contributed by atoms with Gasteiger partial charge in [-0.2, -0.15) is 0 Å². The van der Waals surface area contributed by atoms with Crippen LogP contribution in [0.4, 0.5) is 0 Å². The van der Waals surface area contributed by atoms with E-state index in [2.05, 4.69) is 19.6 Å². The second-order valence-electron chi connectivity index (χ2n) is 1.16. The quantitative estimate of drug-likeness (QED) is 0.512. The van der Waals surface area contributed by atoms with Crippen molar-refractivity contribution in [1.82, 2.24) is 10.5 Å². The molecule has 4 nitrogen and oxygen atoms in total. The van der Waals surface area contributed by atoms with Gasteiger partial charge in [0.2, 0.25) is 0 Å². The molecule has 0 spiro atoms. The van der Waals surface area contributed by atoms with Crippen molar-refractivity contribution >= 4 is 0 Å². The van der Waals surface area contributed by atoms with Gasteiger partial charge in [0, 0.05) is 0 Å². The third-order valence-corrected chi connectivity index (χ3v) is 0.565. The number of hydrogen-bond donors (Lipinski definition) is 2. The van der Waals surface area contributed by atoms with E-state index in [0.717, 1.165) is 5.76 Å². The molecule has 1 rings (SSSR count). The zero-order valence-electron chi connectivity index (χ0n) is 3.89. The number of aromatic nitrogens is 2. The first-order valence-electron chi connectivity index (χ1n) is 1.89. The molecule has 0 aliphatic heterocycles. The van der Waals surface area contributed by atoms with Gasteiger partial charge in [0.15, 0.2) is 5.76 Å². The van der Waals surface area contributed by atoms with E-state index in [-0.39, 0.29) is 0 Å². The summed E-state index contributed by atoms with van der Waals surface area (Å²) in [5.74, 6) is 0.742. The summed E-state index contributed by atoms with van der Waals surface area (Å²) in [4.78, 5) is 0. The van der Waals surface area contributed by atoms with Crippen LogP contribution in [0.5, 0.6) is 0 Å². The number of aryl methyl sites for hydroxylation is 1. The Kier molecular flexibility index (Phi) is 0.934. The minimum Gasteiger partial charge on any atom is -0.353 e. The molecule has 0 aliphatic rings. The Hall–Kier alpha value is -1.06. The first-order chi connectivity index (χ1) is 3.39. The first kappa shape index (κ1) is 4.11. The van der Waals surface area contributed by atoms with E-state index in [1.165, 1.54) is 0 Å². The van der Waals surface area contributed by atoms with Crippen molar-refractivity contribution in [3.63, 3.8) is 0 Å². The lowest BCUT2D eigenvalue weighted by atomic mass is 10.6. The predicted molar refractivity (Wildman–Crippen MR) is 22.0 cm³/mol. The zero-order valence-corrected chi connectivity index (χ0v) is 3.89. The normalized spacial score (nSPS) is 8.71. The van der Waals surface area contributed by atoms with E-state index in [4.69, 9.17) is 0 Å². The van der Waals surface area contributed by atoms with Crippen LogP contribution in [0, 0.1) is 6.92 Å². The molecule has 0 aromatic carbocycles. The Balaban J connectivity index is 3.02. The number of H-pyrrole nitrogens is 2. The van der Waals surface area contributed by atoms with Gasteiger partial charge in [0.05, 0.1) is 6.20 Å². The van der Waals surface area contributed by atoms with E-state index < -0.39 is 0 Å². The molecule has 0 atom stereocenters. The molecular weight excluding hydrogens is 96.0 g/mol. The highest BCUT2D eigenvalue weighted by Crippen LogP contribution is 1.84. The lowest BCUT2D eigenvalue weighted by Crippen LogP contribution is -1.75. The van der Waals surface area contributed by atoms with Crippen molar-refractivity contribution < 1.29 is 9.15 Å². The molecule has 0 saturated heterocycles. The summed E-state index contributed by atoms with van der Waals surface area (Å²) >= 11 is 0. The highest BCUT2D eigenvalue weighted by molar-refractivity contribution is 4.75. The molecule has 0 unspecified atom stereocenters. The van der Waals surface area contributed by atoms with E-state index in [1.807, 2.05) is 0 Å². The maximum Gasteiger partial charge on any atom is 0.151 e. The second-order valence-corrected chi connectivity index (χ2v) is 1.16. The van der Waals surface area contributed by atoms with Gasteiger partial charge in [0.25, 0.3) is 0 Å². The maximum atomic E-state index is 4.60. The third kappa shape index (κ3) is 0.887. The lowest BCUT2D eigenvalue weighted by Gasteiger charge is -1.84. The van der Waals surface area contributed by atoms with Crippen molar-refractivity contribution in [2.24, 2.45) is 0 Å². The molecule has 0 fully saturated rings. The Morgan fingerprint density at radius 2 is 2.57 bits per heavy atom. The highest BCUT2D eigenvalue weighted by atomic mass is 16.7. The van der Waals surface area contributed by atoms with Crippen LogP contribution in [-0.4, -0.2) is 10.5 Å². The summed E-state index contributed by atoms with van der Waals surface area (Å²) in [6, 6.07) is 0. The molecule has 40 valence electrons. The van der Waals surface area contributed by atoms with Gasteiger partial charge in [0.1, 0.15) is 0 Å². The average molecular weight is 102 g/mol. The summed E-state index contributed by atoms with van der Waals surface area (Å²) < 4.78 is 8.95. The standard InChI is InChI=1S/C3H6N2O2/c1-3-2-4-7-5-6-3/h2,4-5H,1H3. The number of aromatic amines is 2. The fraction of sp³-hybridized carbons (Fsp3) is 0.333. The number of nitrogens with one attached hydrogen (secondary N) is 2. The molecule has 1 aromatic heterocycles. The van der Waals surface area contributed by atoms with Gasteiger partial charge < -0.3 is 4.52 Å². The molecule has 0 bridgehead atoms. The molecule has 4 heteroatoms. The lowest BCUT2D eigenvalue weighted by molar-refractivity contribution is 0.112. The minimum atomic E-state index is 0.742. The maximum absolute atomic E-state index is 4.60. The van der Waals surface area contributed by atoms with Gasteiger partial charge in [-0.15, -0.1) is 0 Å². The summed E-state index contributed by atoms with van der Waals surface area (Å²) in [7, 11) is 0. The molecule has 0 aliphatic carbocycles. The van der Waals surface area contributed by atoms with Crippen LogP contribution in [-0.2, 0) is 0 Å². The smallest absolute Gasteiger partial charge is 0.151 e. The van der Waals surface area contributed by atoms with E-state index >= 15 is 0 Å². The van der Waals surface area contributed by atoms with Crippen LogP contribution < -0.4 is 0 Å². The Labute approximate surface area is 39.7 Å². The average Bonchev–Trinajstić information content (AvgIpc) is 1.69. The van der Waals surface area contributed by atoms with E-state index in [9.17, 15) is 0 Å². The molecule has 0 saturated carbocycles. The second kappa shape index (κ2) is 1.59. The number of rotatable bonds is 0. The van der Waals surface area contributed by atoms with Gasteiger partial charge in [-0.05, 0) is 6.92 Å². The molecule has 0 radical (unpaired) electrons. The molecule has 0 amide bonds. The summed E-state index contributed by atoms with van der Waals surface area (Å²) in [6.45, 7) is 1.79. The van der Waals surface area contributed by atoms with Crippen molar-refractivity contribution in [3.8, 4) is 0 Å². The summed E-state index contributed by atoms with van der Waals surface area (Å²) in [6.07, 6.45) is 1.59. The van der Waals surface area contributed by atoms with Gasteiger partial charge in [-0.25, -0.2) is 5.16 Å². The van der Waals surface area contributed by atoms with Crippen molar-refractivity contribution in [2.45, 2.75) is 6.92 Å². The van der Waals surface area contributed by atoms with Crippen molar-refractivity contribution in [1.29, 1.82) is 0 Å². The SMILES string of the molecule is Cc1c[nH]o[nH]o1. The topological polar surface area (TPSA) is 57.9 Å².